The molecule has 0 fully saturated rings. The minimum atomic E-state index is -0.649. The number of likely N-dealkylation sites (N-methyl/N-ethyl adjacent to an activating group) is 1. The number of hydrogen-bond donors (Lipinski definition) is 1. The topological polar surface area (TPSA) is 77.1 Å². The Morgan fingerprint density at radius 3 is 2.41 bits per heavy atom. The summed E-state index contributed by atoms with van der Waals surface area (Å²) in [5.41, 5.74) is 0.445. The summed E-state index contributed by atoms with van der Waals surface area (Å²) in [6.07, 6.45) is 0.0945. The second-order valence-electron chi connectivity index (χ2n) is 8.73. The van der Waals surface area contributed by atoms with Crippen LogP contribution in [-0.4, -0.2) is 47.9 Å². The lowest BCUT2D eigenvalue weighted by molar-refractivity contribution is -0.136. The van der Waals surface area contributed by atoms with Gasteiger partial charge in [-0.05, 0) is 64.7 Å². The van der Waals surface area contributed by atoms with Gasteiger partial charge in [0.05, 0.1) is 0 Å². The number of nitrogens with one attached hydrogen (secondary N) is 1. The van der Waals surface area contributed by atoms with Crippen LogP contribution in [0.15, 0.2) is 18.2 Å². The summed E-state index contributed by atoms with van der Waals surface area (Å²) in [5, 5.41) is 2.75. The largest absolute Gasteiger partial charge is 0.454 e. The van der Waals surface area contributed by atoms with E-state index in [0.29, 0.717) is 13.0 Å². The van der Waals surface area contributed by atoms with E-state index >= 15 is 0 Å². The molecule has 0 bridgehead atoms. The second kappa shape index (κ2) is 9.37. The van der Waals surface area contributed by atoms with Gasteiger partial charge in [0, 0.05) is 12.6 Å². The third kappa shape index (κ3) is 6.27. The number of hydrogen-bond acceptors (Lipinski definition) is 5. The summed E-state index contributed by atoms with van der Waals surface area (Å²) in [6.45, 7) is 14.0. The molecule has 0 saturated heterocycles. The molecule has 1 aromatic carbocycles. The van der Waals surface area contributed by atoms with Gasteiger partial charge in [-0.2, -0.15) is 0 Å². The van der Waals surface area contributed by atoms with Crippen LogP contribution in [0.25, 0.3) is 0 Å². The van der Waals surface area contributed by atoms with E-state index in [-0.39, 0.29) is 24.7 Å². The van der Waals surface area contributed by atoms with E-state index in [1.807, 2.05) is 45.9 Å². The van der Waals surface area contributed by atoms with E-state index in [4.69, 9.17) is 14.2 Å². The maximum absolute atomic E-state index is 13.2. The van der Waals surface area contributed by atoms with Crippen molar-refractivity contribution >= 4 is 12.0 Å². The van der Waals surface area contributed by atoms with Crippen molar-refractivity contribution in [2.45, 2.75) is 72.6 Å². The van der Waals surface area contributed by atoms with E-state index in [9.17, 15) is 9.59 Å². The average Bonchev–Trinajstić information content (AvgIpc) is 3.06. The molecule has 1 heterocycles. The van der Waals surface area contributed by atoms with Crippen molar-refractivity contribution in [1.29, 1.82) is 0 Å². The Hall–Kier alpha value is -2.44. The number of carbonyl (C=O) groups excluding carboxylic acids is 2. The van der Waals surface area contributed by atoms with Crippen LogP contribution in [0.2, 0.25) is 0 Å². The minimum Gasteiger partial charge on any atom is -0.454 e. The van der Waals surface area contributed by atoms with Gasteiger partial charge in [-0.25, -0.2) is 4.79 Å². The van der Waals surface area contributed by atoms with Crippen LogP contribution in [0.1, 0.15) is 54.0 Å². The Morgan fingerprint density at radius 2 is 1.83 bits per heavy atom. The summed E-state index contributed by atoms with van der Waals surface area (Å²) in [4.78, 5) is 27.3. The van der Waals surface area contributed by atoms with E-state index < -0.39 is 17.7 Å². The van der Waals surface area contributed by atoms with Gasteiger partial charge in [0.15, 0.2) is 11.5 Å². The molecule has 0 radical (unpaired) electrons. The van der Waals surface area contributed by atoms with Crippen LogP contribution < -0.4 is 14.8 Å². The van der Waals surface area contributed by atoms with Crippen molar-refractivity contribution in [3.05, 3.63) is 23.8 Å². The number of ether oxygens (including phenoxy) is 3. The highest BCUT2D eigenvalue weighted by Gasteiger charge is 2.32. The Kier molecular flexibility index (Phi) is 7.38. The summed E-state index contributed by atoms with van der Waals surface area (Å²) < 4.78 is 16.1. The van der Waals surface area contributed by atoms with Gasteiger partial charge in [-0.1, -0.05) is 19.9 Å². The molecule has 0 aromatic heterocycles. The first-order valence-corrected chi connectivity index (χ1v) is 10.2. The predicted molar refractivity (Wildman–Crippen MR) is 111 cm³/mol. The molecule has 1 aliphatic heterocycles. The van der Waals surface area contributed by atoms with Crippen molar-refractivity contribution in [2.75, 3.05) is 13.3 Å². The summed E-state index contributed by atoms with van der Waals surface area (Å²) in [6, 6.07) is 5.14. The molecule has 7 heteroatoms. The zero-order chi connectivity index (χ0) is 21.8. The first kappa shape index (κ1) is 22.8. The molecular weight excluding hydrogens is 372 g/mol. The Morgan fingerprint density at radius 1 is 1.17 bits per heavy atom. The molecule has 0 spiro atoms. The summed E-state index contributed by atoms with van der Waals surface area (Å²) in [5.74, 6) is 1.30. The Bertz CT molecular complexity index is 726. The fourth-order valence-corrected chi connectivity index (χ4v) is 3.33. The highest BCUT2D eigenvalue weighted by Crippen LogP contribution is 2.33. The minimum absolute atomic E-state index is 0.0467. The van der Waals surface area contributed by atoms with Crippen LogP contribution in [0.4, 0.5) is 4.79 Å². The molecule has 1 aliphatic rings. The van der Waals surface area contributed by atoms with Crippen molar-refractivity contribution in [3.63, 3.8) is 0 Å². The molecule has 7 nitrogen and oxygen atoms in total. The van der Waals surface area contributed by atoms with Gasteiger partial charge in [0.25, 0.3) is 0 Å². The van der Waals surface area contributed by atoms with E-state index in [0.717, 1.165) is 17.1 Å². The highest BCUT2D eigenvalue weighted by atomic mass is 16.7. The summed E-state index contributed by atoms with van der Waals surface area (Å²) >= 11 is 0. The van der Waals surface area contributed by atoms with Crippen LogP contribution in [0.3, 0.4) is 0 Å². The lowest BCUT2D eigenvalue weighted by Crippen LogP contribution is -2.54. The number of nitrogens with zero attached hydrogens (tertiary/aromatic N) is 1. The lowest BCUT2D eigenvalue weighted by Gasteiger charge is -2.34. The molecule has 2 rings (SSSR count). The molecule has 162 valence electrons. The molecule has 1 aromatic rings. The number of alkyl carbamates (subject to hydrolysis) is 1. The third-order valence-corrected chi connectivity index (χ3v) is 4.73. The summed E-state index contributed by atoms with van der Waals surface area (Å²) in [7, 11) is 0. The smallest absolute Gasteiger partial charge is 0.408 e. The highest BCUT2D eigenvalue weighted by molar-refractivity contribution is 5.86. The molecular formula is C22H34N2O5. The standard InChI is InChI=1S/C22H34N2O5/c1-8-24(15(4)11-16-9-10-17-18(12-16)28-13-27-17)20(25)19(14(2)3)23-21(26)29-22(5,6)7/h9-10,12,14-15,19H,8,11,13H2,1-7H3,(H,23,26)/t15-,19+/m0/s1. The number of carbonyl (C=O) groups is 2. The zero-order valence-electron chi connectivity index (χ0n) is 18.6. The van der Waals surface area contributed by atoms with E-state index in [1.165, 1.54) is 0 Å². The fraction of sp³-hybridized carbons (Fsp3) is 0.636. The van der Waals surface area contributed by atoms with Gasteiger partial charge in [-0.3, -0.25) is 4.79 Å². The maximum atomic E-state index is 13.2. The van der Waals surface area contributed by atoms with Crippen LogP contribution >= 0.6 is 0 Å². The second-order valence-corrected chi connectivity index (χ2v) is 8.73. The molecule has 2 atom stereocenters. The van der Waals surface area contributed by atoms with Crippen molar-refractivity contribution < 1.29 is 23.8 Å². The van der Waals surface area contributed by atoms with Gasteiger partial charge >= 0.3 is 6.09 Å². The third-order valence-electron chi connectivity index (χ3n) is 4.73. The van der Waals surface area contributed by atoms with Crippen LogP contribution in [0, 0.1) is 5.92 Å². The predicted octanol–water partition coefficient (Wildman–Crippen LogP) is 3.74. The molecule has 0 aliphatic carbocycles. The number of amides is 2. The van der Waals surface area contributed by atoms with Crippen molar-refractivity contribution in [3.8, 4) is 11.5 Å². The van der Waals surface area contributed by atoms with Crippen molar-refractivity contribution in [1.82, 2.24) is 10.2 Å². The molecule has 1 N–H and O–H groups in total. The quantitative estimate of drug-likeness (QED) is 0.746. The SMILES string of the molecule is CCN(C(=O)[C@H](NC(=O)OC(C)(C)C)C(C)C)[C@@H](C)Cc1ccc2c(c1)OCO2. The zero-order valence-corrected chi connectivity index (χ0v) is 18.6. The number of rotatable bonds is 7. The molecule has 29 heavy (non-hydrogen) atoms. The molecule has 0 saturated carbocycles. The normalized spacial score (nSPS) is 15.0. The number of benzene rings is 1. The maximum Gasteiger partial charge on any atom is 0.408 e. The lowest BCUT2D eigenvalue weighted by atomic mass is 10.00. The van der Waals surface area contributed by atoms with E-state index in [2.05, 4.69) is 5.32 Å². The van der Waals surface area contributed by atoms with Crippen LogP contribution in [-0.2, 0) is 16.0 Å². The Balaban J connectivity index is 2.08. The number of fused-ring (bicyclic) bond motifs is 1. The molecule has 2 amide bonds. The first-order valence-electron chi connectivity index (χ1n) is 10.2. The molecule has 0 unspecified atom stereocenters. The van der Waals surface area contributed by atoms with E-state index in [1.54, 1.807) is 25.7 Å². The monoisotopic (exact) mass is 406 g/mol. The average molecular weight is 407 g/mol. The van der Waals surface area contributed by atoms with Gasteiger partial charge < -0.3 is 24.4 Å². The first-order chi connectivity index (χ1) is 13.5. The van der Waals surface area contributed by atoms with Gasteiger partial charge in [0.2, 0.25) is 12.7 Å². The Labute approximate surface area is 173 Å². The fourth-order valence-electron chi connectivity index (χ4n) is 3.33. The van der Waals surface area contributed by atoms with Crippen LogP contribution in [0.5, 0.6) is 11.5 Å². The van der Waals surface area contributed by atoms with Crippen molar-refractivity contribution in [2.24, 2.45) is 5.92 Å². The van der Waals surface area contributed by atoms with Gasteiger partial charge in [-0.15, -0.1) is 0 Å². The van der Waals surface area contributed by atoms with Gasteiger partial charge in [0.1, 0.15) is 11.6 Å².